The van der Waals surface area contributed by atoms with Gasteiger partial charge in [-0.05, 0) is 37.8 Å². The van der Waals surface area contributed by atoms with Crippen LogP contribution in [-0.4, -0.2) is 42.5 Å². The SMILES string of the molecule is CCN(C(=O)CN1CC(N)Cc2ccccc21)C1CCCCC1. The van der Waals surface area contributed by atoms with E-state index in [2.05, 4.69) is 34.9 Å². The van der Waals surface area contributed by atoms with Crippen LogP contribution in [0.2, 0.25) is 0 Å². The molecule has 4 heteroatoms. The van der Waals surface area contributed by atoms with Crippen LogP contribution >= 0.6 is 0 Å². The number of amides is 1. The van der Waals surface area contributed by atoms with Gasteiger partial charge >= 0.3 is 0 Å². The number of likely N-dealkylation sites (N-methyl/N-ethyl adjacent to an activating group) is 1. The number of carbonyl (C=O) groups excluding carboxylic acids is 1. The normalized spacial score (nSPS) is 21.8. The lowest BCUT2D eigenvalue weighted by Crippen LogP contribution is -2.50. The predicted molar refractivity (Wildman–Crippen MR) is 94.6 cm³/mol. The first kappa shape index (κ1) is 16.3. The first-order chi connectivity index (χ1) is 11.2. The van der Waals surface area contributed by atoms with Crippen molar-refractivity contribution in [3.63, 3.8) is 0 Å². The van der Waals surface area contributed by atoms with Gasteiger partial charge in [0.05, 0.1) is 6.54 Å². The van der Waals surface area contributed by atoms with Crippen LogP contribution in [-0.2, 0) is 11.2 Å². The van der Waals surface area contributed by atoms with Crippen LogP contribution < -0.4 is 10.6 Å². The van der Waals surface area contributed by atoms with Gasteiger partial charge < -0.3 is 15.5 Å². The summed E-state index contributed by atoms with van der Waals surface area (Å²) < 4.78 is 0. The van der Waals surface area contributed by atoms with Crippen LogP contribution in [0.4, 0.5) is 5.69 Å². The predicted octanol–water partition coefficient (Wildman–Crippen LogP) is 2.56. The van der Waals surface area contributed by atoms with Crippen LogP contribution in [0.25, 0.3) is 0 Å². The third-order valence-electron chi connectivity index (χ3n) is 5.27. The standard InChI is InChI=1S/C19H29N3O/c1-2-22(17-9-4-3-5-10-17)19(23)14-21-13-16(20)12-15-8-6-7-11-18(15)21/h6-8,11,16-17H,2-5,9-10,12-14,20H2,1H3. The maximum atomic E-state index is 12.9. The zero-order valence-electron chi connectivity index (χ0n) is 14.2. The number of hydrogen-bond acceptors (Lipinski definition) is 3. The average molecular weight is 315 g/mol. The highest BCUT2D eigenvalue weighted by molar-refractivity contribution is 5.82. The van der Waals surface area contributed by atoms with Crippen molar-refractivity contribution in [2.75, 3.05) is 24.5 Å². The van der Waals surface area contributed by atoms with Crippen LogP contribution in [0.3, 0.4) is 0 Å². The molecule has 1 atom stereocenters. The molecule has 1 aliphatic carbocycles. The number of nitrogens with zero attached hydrogens (tertiary/aromatic N) is 2. The lowest BCUT2D eigenvalue weighted by Gasteiger charge is -2.38. The van der Waals surface area contributed by atoms with Crippen molar-refractivity contribution in [3.05, 3.63) is 29.8 Å². The van der Waals surface area contributed by atoms with Crippen molar-refractivity contribution in [2.24, 2.45) is 5.73 Å². The number of para-hydroxylation sites is 1. The minimum Gasteiger partial charge on any atom is -0.360 e. The number of benzene rings is 1. The molecule has 2 aliphatic rings. The summed E-state index contributed by atoms with van der Waals surface area (Å²) in [5.41, 5.74) is 8.65. The van der Waals surface area contributed by atoms with Crippen molar-refractivity contribution in [1.29, 1.82) is 0 Å². The number of rotatable bonds is 4. The first-order valence-electron chi connectivity index (χ1n) is 9.07. The molecule has 1 amide bonds. The fourth-order valence-electron chi connectivity index (χ4n) is 4.16. The molecule has 2 N–H and O–H groups in total. The lowest BCUT2D eigenvalue weighted by molar-refractivity contribution is -0.132. The Morgan fingerprint density at radius 3 is 2.74 bits per heavy atom. The van der Waals surface area contributed by atoms with E-state index in [0.29, 0.717) is 12.6 Å². The van der Waals surface area contributed by atoms with E-state index in [9.17, 15) is 4.79 Å². The van der Waals surface area contributed by atoms with Crippen molar-refractivity contribution in [3.8, 4) is 0 Å². The fourth-order valence-corrected chi connectivity index (χ4v) is 4.16. The summed E-state index contributed by atoms with van der Waals surface area (Å²) in [6.07, 6.45) is 7.06. The molecular formula is C19H29N3O. The zero-order chi connectivity index (χ0) is 16.2. The lowest BCUT2D eigenvalue weighted by atomic mass is 9.94. The monoisotopic (exact) mass is 315 g/mol. The molecule has 0 radical (unpaired) electrons. The molecule has 0 bridgehead atoms. The molecule has 1 heterocycles. The maximum absolute atomic E-state index is 12.9. The summed E-state index contributed by atoms with van der Waals surface area (Å²) in [5.74, 6) is 0.253. The van der Waals surface area contributed by atoms with Crippen LogP contribution in [0, 0.1) is 0 Å². The van der Waals surface area contributed by atoms with Crippen LogP contribution in [0.15, 0.2) is 24.3 Å². The highest BCUT2D eigenvalue weighted by Crippen LogP contribution is 2.27. The number of nitrogens with two attached hydrogens (primary N) is 1. The molecule has 0 aromatic heterocycles. The van der Waals surface area contributed by atoms with Crippen LogP contribution in [0.1, 0.15) is 44.6 Å². The topological polar surface area (TPSA) is 49.6 Å². The van der Waals surface area contributed by atoms with Crippen molar-refractivity contribution in [2.45, 2.75) is 57.5 Å². The van der Waals surface area contributed by atoms with E-state index in [1.54, 1.807) is 0 Å². The third kappa shape index (κ3) is 3.69. The van der Waals surface area contributed by atoms with Gasteiger partial charge in [-0.3, -0.25) is 4.79 Å². The Bertz CT molecular complexity index is 539. The summed E-state index contributed by atoms with van der Waals surface area (Å²) in [5, 5.41) is 0. The maximum Gasteiger partial charge on any atom is 0.242 e. The summed E-state index contributed by atoms with van der Waals surface area (Å²) in [4.78, 5) is 17.2. The zero-order valence-corrected chi connectivity index (χ0v) is 14.2. The minimum absolute atomic E-state index is 0.113. The van der Waals surface area contributed by atoms with Gasteiger partial charge in [-0.2, -0.15) is 0 Å². The second kappa shape index (κ2) is 7.35. The van der Waals surface area contributed by atoms with E-state index in [-0.39, 0.29) is 11.9 Å². The molecule has 0 saturated heterocycles. The molecule has 1 saturated carbocycles. The van der Waals surface area contributed by atoms with Gasteiger partial charge in [-0.1, -0.05) is 37.5 Å². The van der Waals surface area contributed by atoms with Crippen LogP contribution in [0.5, 0.6) is 0 Å². The Balaban J connectivity index is 1.71. The number of anilines is 1. The quantitative estimate of drug-likeness (QED) is 0.929. The van der Waals surface area contributed by atoms with Gasteiger partial charge in [0.15, 0.2) is 0 Å². The molecule has 1 aromatic rings. The molecule has 1 aliphatic heterocycles. The summed E-state index contributed by atoms with van der Waals surface area (Å²) >= 11 is 0. The highest BCUT2D eigenvalue weighted by atomic mass is 16.2. The second-order valence-electron chi connectivity index (χ2n) is 6.95. The summed E-state index contributed by atoms with van der Waals surface area (Å²) in [6.45, 7) is 4.13. The molecule has 1 aromatic carbocycles. The summed E-state index contributed by atoms with van der Waals surface area (Å²) in [7, 11) is 0. The Labute approximate surface area is 139 Å². The molecule has 23 heavy (non-hydrogen) atoms. The van der Waals surface area contributed by atoms with Gasteiger partial charge in [0.1, 0.15) is 0 Å². The van der Waals surface area contributed by atoms with E-state index in [1.807, 2.05) is 6.07 Å². The van der Waals surface area contributed by atoms with E-state index in [0.717, 1.165) is 32.4 Å². The first-order valence-corrected chi connectivity index (χ1v) is 9.07. The Morgan fingerprint density at radius 1 is 1.26 bits per heavy atom. The molecular weight excluding hydrogens is 286 g/mol. The highest BCUT2D eigenvalue weighted by Gasteiger charge is 2.28. The van der Waals surface area contributed by atoms with Crippen molar-refractivity contribution >= 4 is 11.6 Å². The number of hydrogen-bond donors (Lipinski definition) is 1. The number of carbonyl (C=O) groups is 1. The Kier molecular flexibility index (Phi) is 5.21. The van der Waals surface area contributed by atoms with Gasteiger partial charge in [0.2, 0.25) is 5.91 Å². The third-order valence-corrected chi connectivity index (χ3v) is 5.27. The molecule has 4 nitrogen and oxygen atoms in total. The van der Waals surface area contributed by atoms with E-state index in [1.165, 1.54) is 30.5 Å². The van der Waals surface area contributed by atoms with Gasteiger partial charge in [0.25, 0.3) is 0 Å². The van der Waals surface area contributed by atoms with Gasteiger partial charge in [-0.25, -0.2) is 0 Å². The van der Waals surface area contributed by atoms with E-state index in [4.69, 9.17) is 5.73 Å². The summed E-state index contributed by atoms with van der Waals surface area (Å²) in [6, 6.07) is 8.90. The molecule has 1 fully saturated rings. The molecule has 3 rings (SSSR count). The molecule has 0 spiro atoms. The smallest absolute Gasteiger partial charge is 0.242 e. The Morgan fingerprint density at radius 2 is 2.00 bits per heavy atom. The fraction of sp³-hybridized carbons (Fsp3) is 0.632. The van der Waals surface area contributed by atoms with Crippen molar-refractivity contribution in [1.82, 2.24) is 4.90 Å². The number of fused-ring (bicyclic) bond motifs is 1. The largest absolute Gasteiger partial charge is 0.360 e. The van der Waals surface area contributed by atoms with Crippen molar-refractivity contribution < 1.29 is 4.79 Å². The van der Waals surface area contributed by atoms with E-state index >= 15 is 0 Å². The molecule has 1 unspecified atom stereocenters. The second-order valence-corrected chi connectivity index (χ2v) is 6.95. The molecule has 126 valence electrons. The average Bonchev–Trinajstić information content (AvgIpc) is 2.56. The Hall–Kier alpha value is -1.55. The van der Waals surface area contributed by atoms with E-state index < -0.39 is 0 Å². The van der Waals surface area contributed by atoms with Gasteiger partial charge in [-0.15, -0.1) is 0 Å². The van der Waals surface area contributed by atoms with Gasteiger partial charge in [0, 0.05) is 30.9 Å². The minimum atomic E-state index is 0.113.